The van der Waals surface area contributed by atoms with Crippen LogP contribution in [0.1, 0.15) is 17.0 Å². The number of hydrogen-bond acceptors (Lipinski definition) is 6. The van der Waals surface area contributed by atoms with Gasteiger partial charge in [-0.2, -0.15) is 0 Å². The lowest BCUT2D eigenvalue weighted by atomic mass is 10.1. The van der Waals surface area contributed by atoms with E-state index in [0.717, 1.165) is 22.6 Å². The molecule has 3 aromatic rings. The molecule has 7 nitrogen and oxygen atoms in total. The summed E-state index contributed by atoms with van der Waals surface area (Å²) in [7, 11) is 1.95. The molecule has 7 heteroatoms. The molecule has 0 aliphatic carbocycles. The van der Waals surface area contributed by atoms with E-state index in [1.165, 1.54) is 0 Å². The molecule has 0 unspecified atom stereocenters. The van der Waals surface area contributed by atoms with E-state index >= 15 is 0 Å². The van der Waals surface area contributed by atoms with E-state index in [9.17, 15) is 4.79 Å². The Morgan fingerprint density at radius 3 is 2.85 bits per heavy atom. The van der Waals surface area contributed by atoms with Crippen molar-refractivity contribution in [3.63, 3.8) is 0 Å². The average Bonchev–Trinajstić information content (AvgIpc) is 3.12. The molecule has 0 radical (unpaired) electrons. The van der Waals surface area contributed by atoms with Gasteiger partial charge in [0.1, 0.15) is 11.5 Å². The van der Waals surface area contributed by atoms with Crippen molar-refractivity contribution in [2.24, 2.45) is 0 Å². The van der Waals surface area contributed by atoms with Crippen LogP contribution >= 0.6 is 0 Å². The molecular formula is C20H21N5O2. The largest absolute Gasteiger partial charge is 0.441 e. The van der Waals surface area contributed by atoms with Gasteiger partial charge in [0.15, 0.2) is 0 Å². The second kappa shape index (κ2) is 7.67. The number of carbonyl (C=O) groups is 1. The smallest absolute Gasteiger partial charge is 0.237 e. The Bertz CT molecular complexity index is 911. The normalized spacial score (nSPS) is 13.6. The van der Waals surface area contributed by atoms with Crippen LogP contribution in [0.25, 0.3) is 11.5 Å². The van der Waals surface area contributed by atoms with Crippen LogP contribution in [0.5, 0.6) is 0 Å². The van der Waals surface area contributed by atoms with Crippen LogP contribution in [0.2, 0.25) is 0 Å². The highest BCUT2D eigenvalue weighted by Crippen LogP contribution is 2.25. The second-order valence-corrected chi connectivity index (χ2v) is 6.72. The highest BCUT2D eigenvalue weighted by molar-refractivity contribution is 5.78. The quantitative estimate of drug-likeness (QED) is 0.691. The fourth-order valence-corrected chi connectivity index (χ4v) is 3.21. The van der Waals surface area contributed by atoms with Crippen LogP contribution in [0.4, 0.5) is 0 Å². The zero-order valence-corrected chi connectivity index (χ0v) is 15.2. The molecule has 4 rings (SSSR count). The Hall–Kier alpha value is -3.06. The molecule has 1 aliphatic heterocycles. The maximum atomic E-state index is 12.7. The fraction of sp³-hybridized carbons (Fsp3) is 0.300. The number of carbonyl (C=O) groups excluding carboxylic acids is 1. The first-order chi connectivity index (χ1) is 13.2. The van der Waals surface area contributed by atoms with Crippen LogP contribution in [0.3, 0.4) is 0 Å². The SMILES string of the molecule is CN(CC(=O)N1CCc2oc(-c3cccnc3)nc2C1)Cc1ccncc1. The number of oxazole rings is 1. The highest BCUT2D eigenvalue weighted by Gasteiger charge is 2.26. The Morgan fingerprint density at radius 2 is 2.07 bits per heavy atom. The standard InChI is InChI=1S/C20H21N5O2/c1-24(12-15-4-8-21-9-5-15)14-19(26)25-10-6-18-17(13-25)23-20(27-18)16-3-2-7-22-11-16/h2-5,7-9,11H,6,10,12-14H2,1H3. The molecule has 0 saturated carbocycles. The Balaban J connectivity index is 1.39. The molecule has 0 bridgehead atoms. The lowest BCUT2D eigenvalue weighted by molar-refractivity contribution is -0.133. The molecule has 4 heterocycles. The van der Waals surface area contributed by atoms with Crippen molar-refractivity contribution in [1.82, 2.24) is 24.8 Å². The van der Waals surface area contributed by atoms with Gasteiger partial charge in [-0.15, -0.1) is 0 Å². The van der Waals surface area contributed by atoms with Gasteiger partial charge in [0.2, 0.25) is 11.8 Å². The Labute approximate surface area is 157 Å². The molecule has 138 valence electrons. The molecule has 0 saturated heterocycles. The molecule has 0 spiro atoms. The summed E-state index contributed by atoms with van der Waals surface area (Å²) in [5.74, 6) is 1.53. The van der Waals surface area contributed by atoms with Crippen molar-refractivity contribution in [3.8, 4) is 11.5 Å². The molecule has 0 fully saturated rings. The van der Waals surface area contributed by atoms with Gasteiger partial charge in [0.25, 0.3) is 0 Å². The first kappa shape index (κ1) is 17.4. The van der Waals surface area contributed by atoms with Crippen molar-refractivity contribution in [2.75, 3.05) is 20.1 Å². The minimum Gasteiger partial charge on any atom is -0.441 e. The maximum absolute atomic E-state index is 12.7. The van der Waals surface area contributed by atoms with E-state index < -0.39 is 0 Å². The van der Waals surface area contributed by atoms with E-state index in [1.54, 1.807) is 24.8 Å². The number of hydrogen-bond donors (Lipinski definition) is 0. The number of pyridine rings is 2. The summed E-state index contributed by atoms with van der Waals surface area (Å²) in [5, 5.41) is 0. The van der Waals surface area contributed by atoms with Gasteiger partial charge < -0.3 is 9.32 Å². The summed E-state index contributed by atoms with van der Waals surface area (Å²) < 4.78 is 5.87. The molecule has 1 aliphatic rings. The van der Waals surface area contributed by atoms with Crippen LogP contribution in [0, 0.1) is 0 Å². The van der Waals surface area contributed by atoms with E-state index in [4.69, 9.17) is 4.42 Å². The number of fused-ring (bicyclic) bond motifs is 1. The highest BCUT2D eigenvalue weighted by atomic mass is 16.4. The third-order valence-electron chi connectivity index (χ3n) is 4.60. The molecule has 1 amide bonds. The third-order valence-corrected chi connectivity index (χ3v) is 4.60. The van der Waals surface area contributed by atoms with Gasteiger partial charge in [-0.25, -0.2) is 4.98 Å². The number of amides is 1. The summed E-state index contributed by atoms with van der Waals surface area (Å²) in [6, 6.07) is 7.70. The van der Waals surface area contributed by atoms with Crippen LogP contribution in [0.15, 0.2) is 53.5 Å². The van der Waals surface area contributed by atoms with Crippen molar-refractivity contribution in [3.05, 3.63) is 66.1 Å². The van der Waals surface area contributed by atoms with Crippen molar-refractivity contribution in [2.45, 2.75) is 19.5 Å². The molecule has 0 N–H and O–H groups in total. The summed E-state index contributed by atoms with van der Waals surface area (Å²) in [4.78, 5) is 29.2. The topological polar surface area (TPSA) is 75.4 Å². The van der Waals surface area contributed by atoms with Gasteiger partial charge in [-0.05, 0) is 36.9 Å². The fourth-order valence-electron chi connectivity index (χ4n) is 3.21. The molecule has 3 aromatic heterocycles. The van der Waals surface area contributed by atoms with Crippen LogP contribution in [-0.2, 0) is 24.3 Å². The van der Waals surface area contributed by atoms with Gasteiger partial charge in [-0.3, -0.25) is 19.7 Å². The number of aromatic nitrogens is 3. The zero-order chi connectivity index (χ0) is 18.6. The number of likely N-dealkylation sites (N-methyl/N-ethyl adjacent to an activating group) is 1. The lowest BCUT2D eigenvalue weighted by Crippen LogP contribution is -2.41. The summed E-state index contributed by atoms with van der Waals surface area (Å²) in [5.41, 5.74) is 2.82. The average molecular weight is 363 g/mol. The zero-order valence-electron chi connectivity index (χ0n) is 15.2. The number of nitrogens with zero attached hydrogens (tertiary/aromatic N) is 5. The van der Waals surface area contributed by atoms with Gasteiger partial charge in [-0.1, -0.05) is 0 Å². The van der Waals surface area contributed by atoms with Crippen LogP contribution in [-0.4, -0.2) is 50.8 Å². The first-order valence-corrected chi connectivity index (χ1v) is 8.93. The molecule has 0 atom stereocenters. The Morgan fingerprint density at radius 1 is 1.22 bits per heavy atom. The maximum Gasteiger partial charge on any atom is 0.237 e. The van der Waals surface area contributed by atoms with Crippen molar-refractivity contribution < 1.29 is 9.21 Å². The third kappa shape index (κ3) is 4.03. The lowest BCUT2D eigenvalue weighted by Gasteiger charge is -2.27. The van der Waals surface area contributed by atoms with E-state index in [1.807, 2.05) is 41.1 Å². The second-order valence-electron chi connectivity index (χ2n) is 6.72. The summed E-state index contributed by atoms with van der Waals surface area (Å²) in [6.45, 7) is 2.21. The Kier molecular flexibility index (Phi) is 4.93. The summed E-state index contributed by atoms with van der Waals surface area (Å²) in [6.07, 6.45) is 7.66. The van der Waals surface area contributed by atoms with E-state index in [-0.39, 0.29) is 5.91 Å². The van der Waals surface area contributed by atoms with E-state index in [0.29, 0.717) is 38.5 Å². The minimum atomic E-state index is 0.100. The molecular weight excluding hydrogens is 342 g/mol. The summed E-state index contributed by atoms with van der Waals surface area (Å²) >= 11 is 0. The minimum absolute atomic E-state index is 0.100. The van der Waals surface area contributed by atoms with Gasteiger partial charge in [0.05, 0.1) is 18.7 Å². The molecule has 0 aromatic carbocycles. The first-order valence-electron chi connectivity index (χ1n) is 8.93. The van der Waals surface area contributed by atoms with Gasteiger partial charge in [0, 0.05) is 44.3 Å². The van der Waals surface area contributed by atoms with Crippen molar-refractivity contribution >= 4 is 5.91 Å². The predicted molar refractivity (Wildman–Crippen MR) is 99.4 cm³/mol. The molecule has 27 heavy (non-hydrogen) atoms. The monoisotopic (exact) mass is 363 g/mol. The van der Waals surface area contributed by atoms with Crippen LogP contribution < -0.4 is 0 Å². The number of rotatable bonds is 5. The van der Waals surface area contributed by atoms with Gasteiger partial charge >= 0.3 is 0 Å². The van der Waals surface area contributed by atoms with Crippen molar-refractivity contribution in [1.29, 1.82) is 0 Å². The van der Waals surface area contributed by atoms with E-state index in [2.05, 4.69) is 15.0 Å². The predicted octanol–water partition coefficient (Wildman–Crippen LogP) is 2.15.